The lowest BCUT2D eigenvalue weighted by Crippen LogP contribution is -2.54. The van der Waals surface area contributed by atoms with Crippen LogP contribution < -0.4 is 20.7 Å². The van der Waals surface area contributed by atoms with E-state index in [1.165, 1.54) is 16.5 Å². The highest BCUT2D eigenvalue weighted by Crippen LogP contribution is 2.41. The minimum atomic E-state index is -1.03. The van der Waals surface area contributed by atoms with Gasteiger partial charge in [0.15, 0.2) is 0 Å². The maximum atomic E-state index is 13.4. The second-order valence-electron chi connectivity index (χ2n) is 14.3. The molecule has 3 N–H and O–H groups in total. The first-order valence-corrected chi connectivity index (χ1v) is 18.6. The number of hydrogen-bond acceptors (Lipinski definition) is 8. The quantitative estimate of drug-likeness (QED) is 0.110. The fourth-order valence-electron chi connectivity index (χ4n) is 7.87. The van der Waals surface area contributed by atoms with E-state index in [2.05, 4.69) is 52.1 Å². The summed E-state index contributed by atoms with van der Waals surface area (Å²) in [5, 5.41) is 10.1. The van der Waals surface area contributed by atoms with Gasteiger partial charge in [0.25, 0.3) is 11.8 Å². The molecule has 3 aliphatic rings. The van der Waals surface area contributed by atoms with Crippen LogP contribution in [0.1, 0.15) is 89.6 Å². The Morgan fingerprint density at radius 1 is 1.00 bits per heavy atom. The van der Waals surface area contributed by atoms with E-state index in [0.29, 0.717) is 47.6 Å². The molecule has 0 radical (unpaired) electrons. The van der Waals surface area contributed by atoms with Gasteiger partial charge in [0.2, 0.25) is 17.7 Å². The van der Waals surface area contributed by atoms with Crippen molar-refractivity contribution < 1.29 is 28.7 Å². The molecule has 1 saturated carbocycles. The van der Waals surface area contributed by atoms with Crippen molar-refractivity contribution in [1.29, 1.82) is 0 Å². The van der Waals surface area contributed by atoms with Crippen molar-refractivity contribution in [3.63, 3.8) is 0 Å². The fourth-order valence-corrected chi connectivity index (χ4v) is 8.04. The largest absolute Gasteiger partial charge is 0.492 e. The van der Waals surface area contributed by atoms with E-state index in [0.717, 1.165) is 36.1 Å². The Morgan fingerprint density at radius 2 is 1.81 bits per heavy atom. The Labute approximate surface area is 312 Å². The first-order chi connectivity index (χ1) is 25.6. The van der Waals surface area contributed by atoms with Crippen LogP contribution in [0.25, 0.3) is 10.9 Å². The van der Waals surface area contributed by atoms with Crippen LogP contribution in [0.5, 0.6) is 5.75 Å². The zero-order valence-corrected chi connectivity index (χ0v) is 30.5. The van der Waals surface area contributed by atoms with E-state index < -0.39 is 29.7 Å². The first kappa shape index (κ1) is 36.1. The number of aromatic nitrogens is 1. The highest BCUT2D eigenvalue weighted by Gasteiger charge is 2.45. The van der Waals surface area contributed by atoms with Gasteiger partial charge in [-0.1, -0.05) is 36.2 Å². The number of piperidine rings is 1. The van der Waals surface area contributed by atoms with Gasteiger partial charge in [-0.2, -0.15) is 0 Å². The minimum Gasteiger partial charge on any atom is -0.492 e. The molecular weight excluding hydrogens is 694 g/mol. The molecule has 2 fully saturated rings. The number of nitrogens with one attached hydrogen (secondary N) is 3. The predicted octanol–water partition coefficient (Wildman–Crippen LogP) is 7.03. The summed E-state index contributed by atoms with van der Waals surface area (Å²) in [6, 6.07) is 17.7. The molecule has 53 heavy (non-hydrogen) atoms. The second kappa shape index (κ2) is 15.4. The number of amides is 5. The smallest absolute Gasteiger partial charge is 0.264 e. The molecule has 1 unspecified atom stereocenters. The highest BCUT2D eigenvalue weighted by atomic mass is 35.5. The van der Waals surface area contributed by atoms with Gasteiger partial charge in [0, 0.05) is 47.9 Å². The maximum absolute atomic E-state index is 13.4. The van der Waals surface area contributed by atoms with Crippen molar-refractivity contribution in [2.24, 2.45) is 11.8 Å². The average Bonchev–Trinajstić information content (AvgIpc) is 3.41. The molecule has 2 atom stereocenters. The molecule has 0 bridgehead atoms. The standard InChI is InChI=1S/C41H42ClN5O6/c1-23-7-14-32-30(21-23)28(17-19-44-32)26-10-8-25(9-11-26)24(2)38(49)45-27-12-13-31(42)35(22-27)53-20-4-18-43-33-6-3-5-29-37(33)41(52)47(40(29)51)34-15-16-36(48)46-39(34)50/h3,5-7,12-14,17,19,21-22,24-26,34,43H,4,8-11,15-16,18,20H2,1-2H3,(H,45,49)(H,46,48,50)/t24-,25?,26?,34?/m1/s1. The Balaban J connectivity index is 0.895. The van der Waals surface area contributed by atoms with Gasteiger partial charge in [0.05, 0.1) is 28.3 Å². The van der Waals surface area contributed by atoms with Crippen LogP contribution in [-0.4, -0.2) is 58.6 Å². The first-order valence-electron chi connectivity index (χ1n) is 18.3. The number of imide groups is 2. The molecule has 0 spiro atoms. The fraction of sp³-hybridized carbons (Fsp3) is 0.366. The number of rotatable bonds is 11. The number of carbonyl (C=O) groups excluding carboxylic acids is 5. The third kappa shape index (κ3) is 7.48. The molecule has 5 amide bonds. The summed E-state index contributed by atoms with van der Waals surface area (Å²) in [7, 11) is 0. The number of halogens is 1. The maximum Gasteiger partial charge on any atom is 0.264 e. The molecule has 3 heterocycles. The Morgan fingerprint density at radius 3 is 2.60 bits per heavy atom. The zero-order valence-electron chi connectivity index (χ0n) is 29.7. The van der Waals surface area contributed by atoms with E-state index in [9.17, 15) is 24.0 Å². The lowest BCUT2D eigenvalue weighted by atomic mass is 9.73. The number of aryl methyl sites for hydroxylation is 1. The molecule has 1 aliphatic carbocycles. The molecule has 3 aromatic carbocycles. The van der Waals surface area contributed by atoms with E-state index in [1.54, 1.807) is 36.4 Å². The normalized spacial score (nSPS) is 20.6. The summed E-state index contributed by atoms with van der Waals surface area (Å²) in [5.74, 6) is -1.20. The van der Waals surface area contributed by atoms with Crippen LogP contribution in [-0.2, 0) is 14.4 Å². The number of nitrogens with zero attached hydrogens (tertiary/aromatic N) is 2. The monoisotopic (exact) mass is 735 g/mol. The van der Waals surface area contributed by atoms with Crippen LogP contribution in [0.4, 0.5) is 11.4 Å². The van der Waals surface area contributed by atoms with Crippen molar-refractivity contribution in [1.82, 2.24) is 15.2 Å². The molecule has 1 saturated heterocycles. The second-order valence-corrected chi connectivity index (χ2v) is 14.7. The van der Waals surface area contributed by atoms with Gasteiger partial charge in [0.1, 0.15) is 11.8 Å². The number of pyridine rings is 1. The Bertz CT molecular complexity index is 2110. The molecule has 7 rings (SSSR count). The van der Waals surface area contributed by atoms with Gasteiger partial charge in [-0.15, -0.1) is 0 Å². The number of carbonyl (C=O) groups is 5. The minimum absolute atomic E-state index is 0.0319. The zero-order chi connectivity index (χ0) is 37.2. The molecule has 12 heteroatoms. The van der Waals surface area contributed by atoms with E-state index in [1.807, 2.05) is 13.1 Å². The van der Waals surface area contributed by atoms with E-state index >= 15 is 0 Å². The molecule has 4 aromatic rings. The van der Waals surface area contributed by atoms with Crippen LogP contribution in [0.2, 0.25) is 5.02 Å². The molecule has 11 nitrogen and oxygen atoms in total. The van der Waals surface area contributed by atoms with Gasteiger partial charge >= 0.3 is 0 Å². The summed E-state index contributed by atoms with van der Waals surface area (Å²) in [6.45, 7) is 4.82. The van der Waals surface area contributed by atoms with Crippen molar-refractivity contribution in [3.05, 3.63) is 94.1 Å². The number of fused-ring (bicyclic) bond motifs is 2. The van der Waals surface area contributed by atoms with Crippen LogP contribution in [0.15, 0.2) is 66.9 Å². The van der Waals surface area contributed by atoms with Crippen molar-refractivity contribution in [2.45, 2.75) is 70.8 Å². The summed E-state index contributed by atoms with van der Waals surface area (Å²) in [4.78, 5) is 69.4. The van der Waals surface area contributed by atoms with Crippen molar-refractivity contribution in [3.8, 4) is 5.75 Å². The summed E-state index contributed by atoms with van der Waals surface area (Å²) in [5.41, 5.74) is 5.10. The van der Waals surface area contributed by atoms with E-state index in [-0.39, 0.29) is 41.7 Å². The van der Waals surface area contributed by atoms with Crippen LogP contribution in [0, 0.1) is 18.8 Å². The summed E-state index contributed by atoms with van der Waals surface area (Å²) in [6.07, 6.45) is 6.61. The van der Waals surface area contributed by atoms with Gasteiger partial charge in [-0.25, -0.2) is 0 Å². The van der Waals surface area contributed by atoms with Gasteiger partial charge in [-0.05, 0) is 105 Å². The number of hydrogen-bond donors (Lipinski definition) is 3. The number of anilines is 2. The molecule has 2 aliphatic heterocycles. The third-order valence-electron chi connectivity index (χ3n) is 10.8. The number of ether oxygens (including phenoxy) is 1. The molecule has 274 valence electrons. The van der Waals surface area contributed by atoms with Gasteiger partial charge in [-0.3, -0.25) is 39.2 Å². The predicted molar refractivity (Wildman–Crippen MR) is 202 cm³/mol. The average molecular weight is 736 g/mol. The lowest BCUT2D eigenvalue weighted by Gasteiger charge is -2.32. The summed E-state index contributed by atoms with van der Waals surface area (Å²) < 4.78 is 5.98. The molecular formula is C41H42ClN5O6. The Kier molecular flexibility index (Phi) is 10.5. The Hall–Kier alpha value is -5.29. The third-order valence-corrected chi connectivity index (χ3v) is 11.1. The number of benzene rings is 3. The topological polar surface area (TPSA) is 147 Å². The SMILES string of the molecule is Cc1ccc2nccc(C3CCC([C@@H](C)C(=O)Nc4ccc(Cl)c(OCCCNc5cccc6c5C(=O)N(C5CCC(=O)NC5=O)C6=O)c4)CC3)c2c1. The van der Waals surface area contributed by atoms with Crippen LogP contribution >= 0.6 is 11.6 Å². The summed E-state index contributed by atoms with van der Waals surface area (Å²) >= 11 is 6.45. The molecule has 1 aromatic heterocycles. The lowest BCUT2D eigenvalue weighted by molar-refractivity contribution is -0.136. The highest BCUT2D eigenvalue weighted by molar-refractivity contribution is 6.32. The van der Waals surface area contributed by atoms with Crippen molar-refractivity contribution >= 4 is 63.4 Å². The van der Waals surface area contributed by atoms with E-state index in [4.69, 9.17) is 16.3 Å². The van der Waals surface area contributed by atoms with Crippen molar-refractivity contribution in [2.75, 3.05) is 23.8 Å². The van der Waals surface area contributed by atoms with Gasteiger partial charge < -0.3 is 15.4 Å². The van der Waals surface area contributed by atoms with Crippen LogP contribution in [0.3, 0.4) is 0 Å².